The van der Waals surface area contributed by atoms with Gasteiger partial charge < -0.3 is 30.1 Å². The van der Waals surface area contributed by atoms with Crippen LogP contribution in [0.2, 0.25) is 0 Å². The van der Waals surface area contributed by atoms with Crippen LogP contribution in [0.1, 0.15) is 33.3 Å². The molecular weight excluding hydrogens is 420 g/mol. The number of aldehydes is 2. The highest BCUT2D eigenvalue weighted by Crippen LogP contribution is 2.19. The van der Waals surface area contributed by atoms with E-state index in [4.69, 9.17) is 4.74 Å². The maximum atomic E-state index is 12.4. The van der Waals surface area contributed by atoms with Gasteiger partial charge >= 0.3 is 5.97 Å². The lowest BCUT2D eigenvalue weighted by molar-refractivity contribution is -0.145. The Hall–Kier alpha value is -2.23. The number of carbonyl (C=O) groups excluding carboxylic acids is 4. The van der Waals surface area contributed by atoms with Gasteiger partial charge in [-0.25, -0.2) is 0 Å². The average Bonchev–Trinajstić information content (AvgIpc) is 2.74. The van der Waals surface area contributed by atoms with E-state index in [1.54, 1.807) is 32.9 Å². The van der Waals surface area contributed by atoms with Gasteiger partial charge in [-0.15, -0.1) is 0 Å². The van der Waals surface area contributed by atoms with Crippen LogP contribution in [0.5, 0.6) is 5.75 Å². The van der Waals surface area contributed by atoms with E-state index in [-0.39, 0.29) is 41.7 Å². The molecule has 172 valence electrons. The Bertz CT molecular complexity index is 742. The molecule has 3 unspecified atom stereocenters. The molecule has 0 aliphatic carbocycles. The van der Waals surface area contributed by atoms with Gasteiger partial charge in [0.1, 0.15) is 24.4 Å². The lowest BCUT2D eigenvalue weighted by atomic mass is 10.0. The Morgan fingerprint density at radius 3 is 2.42 bits per heavy atom. The van der Waals surface area contributed by atoms with Gasteiger partial charge in [0.15, 0.2) is 5.12 Å². The Morgan fingerprint density at radius 2 is 1.90 bits per heavy atom. The molecule has 0 aliphatic heterocycles. The van der Waals surface area contributed by atoms with E-state index in [0.29, 0.717) is 6.42 Å². The number of ether oxygens (including phenoxy) is 1. The highest BCUT2D eigenvalue weighted by atomic mass is 32.2. The van der Waals surface area contributed by atoms with Crippen molar-refractivity contribution in [3.63, 3.8) is 0 Å². The fourth-order valence-electron chi connectivity index (χ4n) is 2.80. The highest BCUT2D eigenvalue weighted by Gasteiger charge is 2.29. The Morgan fingerprint density at radius 1 is 1.26 bits per heavy atom. The molecule has 0 saturated heterocycles. The van der Waals surface area contributed by atoms with Gasteiger partial charge in [0.05, 0.1) is 12.1 Å². The fourth-order valence-corrected chi connectivity index (χ4v) is 3.67. The third-order valence-electron chi connectivity index (χ3n) is 4.75. The van der Waals surface area contributed by atoms with Gasteiger partial charge in [-0.3, -0.25) is 9.59 Å². The maximum absolute atomic E-state index is 12.4. The zero-order valence-electron chi connectivity index (χ0n) is 18.4. The van der Waals surface area contributed by atoms with Crippen LogP contribution in [0, 0.1) is 5.92 Å². The number of phenols is 1. The van der Waals surface area contributed by atoms with Crippen LogP contribution < -0.4 is 10.6 Å². The quantitative estimate of drug-likeness (QED) is 0.285. The van der Waals surface area contributed by atoms with Gasteiger partial charge in [-0.1, -0.05) is 30.8 Å². The molecule has 3 N–H and O–H groups in total. The first-order valence-electron chi connectivity index (χ1n) is 10.2. The van der Waals surface area contributed by atoms with Crippen LogP contribution in [-0.2, 0) is 30.3 Å². The summed E-state index contributed by atoms with van der Waals surface area (Å²) in [6.45, 7) is 7.17. The number of carbonyl (C=O) groups is 4. The molecule has 0 aromatic heterocycles. The van der Waals surface area contributed by atoms with E-state index < -0.39 is 17.6 Å². The first-order chi connectivity index (χ1) is 14.6. The van der Waals surface area contributed by atoms with Crippen molar-refractivity contribution in [2.24, 2.45) is 5.92 Å². The van der Waals surface area contributed by atoms with Crippen LogP contribution in [0.3, 0.4) is 0 Å². The minimum absolute atomic E-state index is 0.109. The lowest BCUT2D eigenvalue weighted by Gasteiger charge is -2.30. The number of hydrogen-bond donors (Lipinski definition) is 3. The number of hydrogen-bond acceptors (Lipinski definition) is 9. The molecule has 1 aromatic rings. The molecule has 0 bridgehead atoms. The van der Waals surface area contributed by atoms with Crippen molar-refractivity contribution in [3.05, 3.63) is 29.8 Å². The average molecular weight is 453 g/mol. The van der Waals surface area contributed by atoms with Gasteiger partial charge in [0, 0.05) is 31.2 Å². The minimum Gasteiger partial charge on any atom is -0.508 e. The number of nitrogens with one attached hydrogen (secondary N) is 2. The minimum atomic E-state index is -1.03. The molecule has 4 atom stereocenters. The molecule has 0 amide bonds. The lowest BCUT2D eigenvalue weighted by Crippen LogP contribution is -2.56. The first kappa shape index (κ1) is 26.8. The van der Waals surface area contributed by atoms with Crippen LogP contribution in [-0.4, -0.2) is 65.3 Å². The Labute approximate surface area is 187 Å². The van der Waals surface area contributed by atoms with Crippen LogP contribution in [0.25, 0.3) is 0 Å². The van der Waals surface area contributed by atoms with Crippen molar-refractivity contribution in [3.8, 4) is 5.75 Å². The monoisotopic (exact) mass is 452 g/mol. The number of phenolic OH excluding ortho intramolecular Hbond substituents is 1. The fraction of sp³-hybridized carbons (Fsp3) is 0.545. The zero-order chi connectivity index (χ0) is 23.4. The molecule has 1 aromatic carbocycles. The summed E-state index contributed by atoms with van der Waals surface area (Å²) in [5.74, 6) is -0.680. The second-order valence-corrected chi connectivity index (χ2v) is 9.03. The summed E-state index contributed by atoms with van der Waals surface area (Å²) in [5, 5.41) is 15.2. The topological polar surface area (TPSA) is 122 Å². The van der Waals surface area contributed by atoms with E-state index in [9.17, 15) is 24.3 Å². The summed E-state index contributed by atoms with van der Waals surface area (Å²) in [7, 11) is 0. The van der Waals surface area contributed by atoms with Crippen molar-refractivity contribution >= 4 is 35.4 Å². The van der Waals surface area contributed by atoms with Crippen molar-refractivity contribution < 1.29 is 29.0 Å². The molecule has 0 heterocycles. The van der Waals surface area contributed by atoms with Gasteiger partial charge in [-0.2, -0.15) is 0 Å². The highest BCUT2D eigenvalue weighted by molar-refractivity contribution is 8.14. The second-order valence-electron chi connectivity index (χ2n) is 7.62. The number of esters is 1. The summed E-state index contributed by atoms with van der Waals surface area (Å²) >= 11 is 1.06. The summed E-state index contributed by atoms with van der Waals surface area (Å²) in [4.78, 5) is 46.9. The van der Waals surface area contributed by atoms with Crippen molar-refractivity contribution in [2.45, 2.75) is 50.9 Å². The zero-order valence-corrected chi connectivity index (χ0v) is 19.2. The van der Waals surface area contributed by atoms with E-state index in [0.717, 1.165) is 29.9 Å². The van der Waals surface area contributed by atoms with Crippen LogP contribution in [0.15, 0.2) is 24.3 Å². The Kier molecular flexibility index (Phi) is 11.4. The van der Waals surface area contributed by atoms with Crippen molar-refractivity contribution in [2.75, 3.05) is 19.7 Å². The third kappa shape index (κ3) is 9.63. The summed E-state index contributed by atoms with van der Waals surface area (Å²) in [6, 6.07) is 5.81. The molecule has 31 heavy (non-hydrogen) atoms. The van der Waals surface area contributed by atoms with E-state index in [2.05, 4.69) is 10.6 Å². The smallest absolute Gasteiger partial charge is 0.323 e. The molecule has 8 nitrogen and oxygen atoms in total. The van der Waals surface area contributed by atoms with E-state index in [1.165, 1.54) is 19.1 Å². The van der Waals surface area contributed by atoms with Crippen molar-refractivity contribution in [1.29, 1.82) is 0 Å². The van der Waals surface area contributed by atoms with Crippen LogP contribution in [0.4, 0.5) is 0 Å². The number of benzene rings is 1. The summed E-state index contributed by atoms with van der Waals surface area (Å²) < 4.78 is 5.15. The predicted molar refractivity (Wildman–Crippen MR) is 120 cm³/mol. The Balaban J connectivity index is 2.84. The maximum Gasteiger partial charge on any atom is 0.323 e. The second kappa shape index (κ2) is 13.2. The standard InChI is InChI=1S/C22H32N2O6S/c1-5-30-21(29)19(10-17-6-8-18(28)9-7-17)23-13-22(4,14-26)24-11-20(15(2)12-25)31-16(3)27/h6-9,12,14-15,19-20,23-24,28H,5,10-11,13H2,1-4H3/t15?,19-,20?,22?/m0/s1. The van der Waals surface area contributed by atoms with Crippen molar-refractivity contribution in [1.82, 2.24) is 10.6 Å². The molecule has 0 aliphatic rings. The number of rotatable bonds is 14. The molecule has 0 spiro atoms. The van der Waals surface area contributed by atoms with Gasteiger partial charge in [0.25, 0.3) is 0 Å². The van der Waals surface area contributed by atoms with Crippen LogP contribution >= 0.6 is 11.8 Å². The molecule has 0 radical (unpaired) electrons. The molecule has 1 rings (SSSR count). The predicted octanol–water partition coefficient (Wildman–Crippen LogP) is 1.49. The first-order valence-corrected chi connectivity index (χ1v) is 11.0. The van der Waals surface area contributed by atoms with Gasteiger partial charge in [-0.05, 0) is 38.0 Å². The third-order valence-corrected chi connectivity index (χ3v) is 5.98. The molecule has 0 saturated carbocycles. The normalized spacial score (nSPS) is 15.9. The van der Waals surface area contributed by atoms with Gasteiger partial charge in [0.2, 0.25) is 0 Å². The number of aromatic hydroxyl groups is 1. The number of thioether (sulfide) groups is 1. The molecule has 0 fully saturated rings. The van der Waals surface area contributed by atoms with E-state index in [1.807, 2.05) is 0 Å². The molecular formula is C22H32N2O6S. The summed E-state index contributed by atoms with van der Waals surface area (Å²) in [6.07, 6.45) is 1.84. The van der Waals surface area contributed by atoms with E-state index >= 15 is 0 Å². The molecule has 9 heteroatoms. The SMILES string of the molecule is CCOC(=O)[C@H](Cc1ccc(O)cc1)NCC(C)(C=O)NCC(SC(C)=O)C(C)C=O. The largest absolute Gasteiger partial charge is 0.508 e. The summed E-state index contributed by atoms with van der Waals surface area (Å²) in [5.41, 5.74) is -0.209.